The van der Waals surface area contributed by atoms with Crippen LogP contribution in [0.2, 0.25) is 0 Å². The summed E-state index contributed by atoms with van der Waals surface area (Å²) in [6.07, 6.45) is 5.79. The Bertz CT molecular complexity index is 267. The Morgan fingerprint density at radius 2 is 2.00 bits per heavy atom. The molecule has 0 atom stereocenters. The second kappa shape index (κ2) is 4.80. The quantitative estimate of drug-likeness (QED) is 0.623. The lowest BCUT2D eigenvalue weighted by molar-refractivity contribution is -0.0134. The first-order valence-corrected chi connectivity index (χ1v) is 5.68. The average molecular weight is 205 g/mol. The van der Waals surface area contributed by atoms with E-state index in [4.69, 9.17) is 0 Å². The molecule has 0 spiro atoms. The van der Waals surface area contributed by atoms with E-state index < -0.39 is 0 Å². The Balaban J connectivity index is 2.43. The van der Waals surface area contributed by atoms with Gasteiger partial charge in [-0.05, 0) is 16.9 Å². The Labute approximate surface area is 94.2 Å². The van der Waals surface area contributed by atoms with Crippen LogP contribution in [-0.4, -0.2) is 24.5 Å². The third kappa shape index (κ3) is 2.82. The minimum atomic E-state index is 0.514. The molecule has 15 heavy (non-hydrogen) atoms. The summed E-state index contributed by atoms with van der Waals surface area (Å²) < 4.78 is 0. The Hall–Kier alpha value is -0.820. The number of rotatable bonds is 5. The van der Waals surface area contributed by atoms with E-state index in [2.05, 4.69) is 38.8 Å². The van der Waals surface area contributed by atoms with E-state index in [0.717, 1.165) is 12.5 Å². The Kier molecular flexibility index (Phi) is 3.92. The molecule has 1 rings (SSSR count). The summed E-state index contributed by atoms with van der Waals surface area (Å²) in [4.78, 5) is 2.47. The van der Waals surface area contributed by atoms with Gasteiger partial charge in [0.1, 0.15) is 0 Å². The van der Waals surface area contributed by atoms with Crippen molar-refractivity contribution in [1.82, 2.24) is 4.90 Å². The molecule has 0 N–H and O–H groups in total. The average Bonchev–Trinajstić information content (AvgIpc) is 2.13. The third-order valence-corrected chi connectivity index (χ3v) is 3.56. The van der Waals surface area contributed by atoms with Crippen LogP contribution in [0.15, 0.2) is 37.0 Å². The summed E-state index contributed by atoms with van der Waals surface area (Å²) in [5.41, 5.74) is 1.77. The molecule has 0 amide bonds. The lowest BCUT2D eigenvalue weighted by Crippen LogP contribution is -2.57. The zero-order valence-electron chi connectivity index (χ0n) is 10.3. The van der Waals surface area contributed by atoms with Crippen LogP contribution in [0.1, 0.15) is 20.8 Å². The SMILES string of the molecule is C=C/C=C(\C=C)CN1CC(C)(C(C)C)C1. The van der Waals surface area contributed by atoms with Crippen LogP contribution in [0.3, 0.4) is 0 Å². The zero-order chi connectivity index (χ0) is 11.5. The molecule has 1 aliphatic rings. The maximum Gasteiger partial charge on any atom is 0.0234 e. The summed E-state index contributed by atoms with van der Waals surface area (Å²) in [6.45, 7) is 17.9. The van der Waals surface area contributed by atoms with Crippen LogP contribution < -0.4 is 0 Å². The van der Waals surface area contributed by atoms with Crippen molar-refractivity contribution in [1.29, 1.82) is 0 Å². The van der Waals surface area contributed by atoms with Gasteiger partial charge in [-0.1, -0.05) is 52.2 Å². The molecule has 1 nitrogen and oxygen atoms in total. The number of nitrogens with zero attached hydrogens (tertiary/aromatic N) is 1. The molecule has 1 saturated heterocycles. The predicted octanol–water partition coefficient (Wildman–Crippen LogP) is 3.26. The summed E-state index contributed by atoms with van der Waals surface area (Å²) in [5.74, 6) is 0.768. The van der Waals surface area contributed by atoms with Gasteiger partial charge in [0, 0.05) is 19.6 Å². The monoisotopic (exact) mass is 205 g/mol. The van der Waals surface area contributed by atoms with E-state index in [-0.39, 0.29) is 0 Å². The van der Waals surface area contributed by atoms with Crippen molar-refractivity contribution in [3.8, 4) is 0 Å². The van der Waals surface area contributed by atoms with E-state index >= 15 is 0 Å². The fraction of sp³-hybridized carbons (Fsp3) is 0.571. The van der Waals surface area contributed by atoms with Gasteiger partial charge in [-0.25, -0.2) is 0 Å². The molecule has 0 saturated carbocycles. The first-order chi connectivity index (χ1) is 7.01. The zero-order valence-corrected chi connectivity index (χ0v) is 10.3. The molecule has 0 bridgehead atoms. The van der Waals surface area contributed by atoms with E-state index in [1.807, 2.05) is 18.2 Å². The fourth-order valence-corrected chi connectivity index (χ4v) is 2.05. The standard InChI is InChI=1S/C14H23N/c1-6-8-13(7-2)9-15-10-14(5,11-15)12(3)4/h6-8,12H,1-2,9-11H2,3-5H3/b13-8+. The van der Waals surface area contributed by atoms with Crippen molar-refractivity contribution in [2.24, 2.45) is 11.3 Å². The predicted molar refractivity (Wildman–Crippen MR) is 67.9 cm³/mol. The second-order valence-electron chi connectivity index (χ2n) is 5.14. The van der Waals surface area contributed by atoms with Crippen LogP contribution in [0.25, 0.3) is 0 Å². The highest BCUT2D eigenvalue weighted by atomic mass is 15.2. The molecule has 0 aliphatic carbocycles. The number of likely N-dealkylation sites (tertiary alicyclic amines) is 1. The summed E-state index contributed by atoms with van der Waals surface area (Å²) in [6, 6.07) is 0. The first kappa shape index (κ1) is 12.3. The van der Waals surface area contributed by atoms with Gasteiger partial charge in [0.15, 0.2) is 0 Å². The summed E-state index contributed by atoms with van der Waals surface area (Å²) >= 11 is 0. The molecule has 0 unspecified atom stereocenters. The van der Waals surface area contributed by atoms with E-state index in [9.17, 15) is 0 Å². The number of hydrogen-bond acceptors (Lipinski definition) is 1. The number of hydrogen-bond donors (Lipinski definition) is 0. The van der Waals surface area contributed by atoms with Gasteiger partial charge in [0.2, 0.25) is 0 Å². The maximum absolute atomic E-state index is 3.82. The maximum atomic E-state index is 3.82. The highest BCUT2D eigenvalue weighted by Gasteiger charge is 2.40. The van der Waals surface area contributed by atoms with Crippen molar-refractivity contribution >= 4 is 0 Å². The summed E-state index contributed by atoms with van der Waals surface area (Å²) in [5, 5.41) is 0. The molecule has 0 aromatic heterocycles. The third-order valence-electron chi connectivity index (χ3n) is 3.56. The minimum Gasteiger partial charge on any atom is -0.298 e. The molecule has 1 heteroatoms. The normalized spacial score (nSPS) is 21.2. The molecule has 0 aromatic carbocycles. The van der Waals surface area contributed by atoms with Crippen LogP contribution >= 0.6 is 0 Å². The van der Waals surface area contributed by atoms with Gasteiger partial charge in [-0.3, -0.25) is 4.90 Å². The topological polar surface area (TPSA) is 3.24 Å². The highest BCUT2D eigenvalue weighted by molar-refractivity contribution is 5.23. The van der Waals surface area contributed by atoms with E-state index in [1.165, 1.54) is 18.7 Å². The van der Waals surface area contributed by atoms with Crippen molar-refractivity contribution in [3.05, 3.63) is 37.0 Å². The van der Waals surface area contributed by atoms with Crippen molar-refractivity contribution in [3.63, 3.8) is 0 Å². The first-order valence-electron chi connectivity index (χ1n) is 5.68. The highest BCUT2D eigenvalue weighted by Crippen LogP contribution is 2.37. The van der Waals surface area contributed by atoms with Crippen molar-refractivity contribution in [2.45, 2.75) is 20.8 Å². The minimum absolute atomic E-state index is 0.514. The Morgan fingerprint density at radius 3 is 2.40 bits per heavy atom. The molecule has 0 radical (unpaired) electrons. The van der Waals surface area contributed by atoms with E-state index in [0.29, 0.717) is 5.41 Å². The van der Waals surface area contributed by atoms with Crippen molar-refractivity contribution in [2.75, 3.05) is 19.6 Å². The summed E-state index contributed by atoms with van der Waals surface area (Å²) in [7, 11) is 0. The molecular weight excluding hydrogens is 182 g/mol. The smallest absolute Gasteiger partial charge is 0.0234 e. The lowest BCUT2D eigenvalue weighted by atomic mass is 9.72. The molecular formula is C14H23N. The van der Waals surface area contributed by atoms with Crippen LogP contribution in [0, 0.1) is 11.3 Å². The molecule has 0 aromatic rings. The van der Waals surface area contributed by atoms with Gasteiger partial charge in [0.05, 0.1) is 0 Å². The van der Waals surface area contributed by atoms with Crippen molar-refractivity contribution < 1.29 is 0 Å². The second-order valence-corrected chi connectivity index (χ2v) is 5.14. The van der Waals surface area contributed by atoms with Gasteiger partial charge >= 0.3 is 0 Å². The van der Waals surface area contributed by atoms with Gasteiger partial charge in [-0.2, -0.15) is 0 Å². The van der Waals surface area contributed by atoms with Gasteiger partial charge in [-0.15, -0.1) is 0 Å². The number of allylic oxidation sites excluding steroid dienone is 2. The lowest BCUT2D eigenvalue weighted by Gasteiger charge is -2.51. The van der Waals surface area contributed by atoms with Crippen LogP contribution in [-0.2, 0) is 0 Å². The molecule has 84 valence electrons. The van der Waals surface area contributed by atoms with Gasteiger partial charge < -0.3 is 0 Å². The fourth-order valence-electron chi connectivity index (χ4n) is 2.05. The largest absolute Gasteiger partial charge is 0.298 e. The van der Waals surface area contributed by atoms with Gasteiger partial charge in [0.25, 0.3) is 0 Å². The molecule has 1 aliphatic heterocycles. The Morgan fingerprint density at radius 1 is 1.40 bits per heavy atom. The molecule has 1 fully saturated rings. The van der Waals surface area contributed by atoms with E-state index in [1.54, 1.807) is 0 Å². The molecule has 1 heterocycles. The van der Waals surface area contributed by atoms with Crippen LogP contribution in [0.5, 0.6) is 0 Å². The van der Waals surface area contributed by atoms with Crippen LogP contribution in [0.4, 0.5) is 0 Å².